The van der Waals surface area contributed by atoms with Crippen molar-refractivity contribution in [1.82, 2.24) is 29.7 Å². The van der Waals surface area contributed by atoms with E-state index in [-0.39, 0.29) is 0 Å². The zero-order valence-corrected chi connectivity index (χ0v) is 14.9. The van der Waals surface area contributed by atoms with Gasteiger partial charge >= 0.3 is 0 Å². The monoisotopic (exact) mass is 380 g/mol. The molecule has 0 fully saturated rings. The molecule has 0 aromatic carbocycles. The third-order valence-corrected chi connectivity index (χ3v) is 3.86. The minimum atomic E-state index is 0.427. The van der Waals surface area contributed by atoms with Crippen LogP contribution >= 0.6 is 11.6 Å². The number of hydrogen-bond acceptors (Lipinski definition) is 8. The van der Waals surface area contributed by atoms with Gasteiger partial charge in [-0.3, -0.25) is 5.43 Å². The molecule has 0 aliphatic heterocycles. The Morgan fingerprint density at radius 3 is 2.89 bits per heavy atom. The molecule has 0 unspecified atom stereocenters. The number of pyridine rings is 2. The summed E-state index contributed by atoms with van der Waals surface area (Å²) in [5.74, 6) is 1.60. The number of methoxy groups -OCH3 is 1. The number of ether oxygens (including phenoxy) is 1. The summed E-state index contributed by atoms with van der Waals surface area (Å²) in [5.41, 5.74) is 4.29. The number of halogens is 1. The van der Waals surface area contributed by atoms with Gasteiger partial charge in [0, 0.05) is 17.8 Å². The SMILES string of the molecule is COc1cccc(-n2ncc3c(NN=Cc4ccc(Cl)nc4)ncnc32)n1. The van der Waals surface area contributed by atoms with Crippen molar-refractivity contribution in [2.75, 3.05) is 12.5 Å². The van der Waals surface area contributed by atoms with Gasteiger partial charge in [-0.25, -0.2) is 15.0 Å². The summed E-state index contributed by atoms with van der Waals surface area (Å²) in [7, 11) is 1.56. The molecule has 134 valence electrons. The van der Waals surface area contributed by atoms with Crippen molar-refractivity contribution < 1.29 is 4.74 Å². The van der Waals surface area contributed by atoms with Crippen LogP contribution in [0.15, 0.2) is 54.2 Å². The smallest absolute Gasteiger partial charge is 0.214 e. The molecule has 0 saturated carbocycles. The van der Waals surface area contributed by atoms with E-state index < -0.39 is 0 Å². The van der Waals surface area contributed by atoms with Gasteiger partial charge in [-0.05, 0) is 18.2 Å². The van der Waals surface area contributed by atoms with Crippen molar-refractivity contribution >= 4 is 34.7 Å². The van der Waals surface area contributed by atoms with Gasteiger partial charge in [-0.1, -0.05) is 17.7 Å². The van der Waals surface area contributed by atoms with Crippen LogP contribution in [0.1, 0.15) is 5.56 Å². The lowest BCUT2D eigenvalue weighted by molar-refractivity contribution is 0.397. The Bertz CT molecular complexity index is 1110. The van der Waals surface area contributed by atoms with Crippen LogP contribution < -0.4 is 10.2 Å². The van der Waals surface area contributed by atoms with Crippen molar-refractivity contribution in [2.45, 2.75) is 0 Å². The number of hydrazone groups is 1. The number of nitrogens with one attached hydrogen (secondary N) is 1. The first kappa shape index (κ1) is 16.9. The van der Waals surface area contributed by atoms with Crippen LogP contribution in [0.4, 0.5) is 5.82 Å². The standard InChI is InChI=1S/C17H13ClN8O/c1-27-15-4-2-3-14(24-15)26-17-12(9-23-26)16(20-10-21-17)25-22-8-11-5-6-13(18)19-7-11/h2-10H,1H3,(H,20,21,25). The highest BCUT2D eigenvalue weighted by molar-refractivity contribution is 6.29. The first-order valence-corrected chi connectivity index (χ1v) is 8.23. The zero-order valence-electron chi connectivity index (χ0n) is 14.1. The van der Waals surface area contributed by atoms with Crippen LogP contribution in [0.5, 0.6) is 5.88 Å². The first-order valence-electron chi connectivity index (χ1n) is 7.85. The molecule has 4 aromatic heterocycles. The maximum atomic E-state index is 5.77. The van der Waals surface area contributed by atoms with Crippen molar-refractivity contribution in [3.8, 4) is 11.7 Å². The number of nitrogens with zero attached hydrogens (tertiary/aromatic N) is 7. The molecule has 4 rings (SSSR count). The van der Waals surface area contributed by atoms with E-state index in [1.807, 2.05) is 18.2 Å². The lowest BCUT2D eigenvalue weighted by Gasteiger charge is -2.05. The quantitative estimate of drug-likeness (QED) is 0.322. The summed E-state index contributed by atoms with van der Waals surface area (Å²) >= 11 is 5.77. The molecule has 0 amide bonds. The van der Waals surface area contributed by atoms with E-state index in [1.54, 1.807) is 42.5 Å². The lowest BCUT2D eigenvalue weighted by atomic mass is 10.3. The summed E-state index contributed by atoms with van der Waals surface area (Å²) in [6.07, 6.45) is 6.32. The fourth-order valence-electron chi connectivity index (χ4n) is 2.37. The van der Waals surface area contributed by atoms with Crippen LogP contribution in [0.3, 0.4) is 0 Å². The third kappa shape index (κ3) is 3.53. The van der Waals surface area contributed by atoms with Gasteiger partial charge in [-0.15, -0.1) is 0 Å². The number of anilines is 1. The van der Waals surface area contributed by atoms with E-state index in [2.05, 4.69) is 35.6 Å². The minimum absolute atomic E-state index is 0.427. The highest BCUT2D eigenvalue weighted by atomic mass is 35.5. The average molecular weight is 381 g/mol. The Morgan fingerprint density at radius 1 is 1.15 bits per heavy atom. The molecule has 10 heteroatoms. The largest absolute Gasteiger partial charge is 0.481 e. The zero-order chi connectivity index (χ0) is 18.6. The second-order valence-electron chi connectivity index (χ2n) is 5.34. The molecule has 0 saturated heterocycles. The van der Waals surface area contributed by atoms with Gasteiger partial charge in [0.1, 0.15) is 11.5 Å². The Morgan fingerprint density at radius 2 is 2.07 bits per heavy atom. The number of hydrogen-bond donors (Lipinski definition) is 1. The predicted octanol–water partition coefficient (Wildman–Crippen LogP) is 2.71. The van der Waals surface area contributed by atoms with E-state index in [0.29, 0.717) is 33.7 Å². The molecule has 1 N–H and O–H groups in total. The average Bonchev–Trinajstić information content (AvgIpc) is 3.14. The Balaban J connectivity index is 1.63. The topological polar surface area (TPSA) is 103 Å². The molecule has 4 heterocycles. The molecule has 0 spiro atoms. The van der Waals surface area contributed by atoms with Crippen LogP contribution in [-0.2, 0) is 0 Å². The highest BCUT2D eigenvalue weighted by Gasteiger charge is 2.12. The molecule has 27 heavy (non-hydrogen) atoms. The molecular formula is C17H13ClN8O. The van der Waals surface area contributed by atoms with E-state index in [1.165, 1.54) is 6.33 Å². The fourth-order valence-corrected chi connectivity index (χ4v) is 2.48. The molecule has 0 aliphatic rings. The number of aromatic nitrogens is 6. The Labute approximate surface area is 158 Å². The van der Waals surface area contributed by atoms with Gasteiger partial charge in [0.2, 0.25) is 5.88 Å². The highest BCUT2D eigenvalue weighted by Crippen LogP contribution is 2.21. The van der Waals surface area contributed by atoms with Crippen molar-refractivity contribution in [1.29, 1.82) is 0 Å². The van der Waals surface area contributed by atoms with Crippen LogP contribution in [0, 0.1) is 0 Å². The summed E-state index contributed by atoms with van der Waals surface area (Å²) < 4.78 is 6.77. The van der Waals surface area contributed by atoms with E-state index >= 15 is 0 Å². The van der Waals surface area contributed by atoms with Crippen molar-refractivity contribution in [2.24, 2.45) is 5.10 Å². The lowest BCUT2D eigenvalue weighted by Crippen LogP contribution is -2.02. The molecule has 4 aromatic rings. The minimum Gasteiger partial charge on any atom is -0.481 e. The van der Waals surface area contributed by atoms with E-state index in [4.69, 9.17) is 16.3 Å². The maximum Gasteiger partial charge on any atom is 0.214 e. The fraction of sp³-hybridized carbons (Fsp3) is 0.0588. The van der Waals surface area contributed by atoms with Crippen molar-refractivity contribution in [3.05, 3.63) is 59.8 Å². The normalized spacial score (nSPS) is 11.2. The second kappa shape index (κ2) is 7.34. The van der Waals surface area contributed by atoms with E-state index in [9.17, 15) is 0 Å². The molecular weight excluding hydrogens is 368 g/mol. The van der Waals surface area contributed by atoms with Gasteiger partial charge in [0.05, 0.1) is 24.9 Å². The van der Waals surface area contributed by atoms with Gasteiger partial charge < -0.3 is 4.74 Å². The second-order valence-corrected chi connectivity index (χ2v) is 5.73. The number of rotatable bonds is 5. The Hall–Kier alpha value is -3.59. The summed E-state index contributed by atoms with van der Waals surface area (Å²) in [6, 6.07) is 8.91. The van der Waals surface area contributed by atoms with Crippen LogP contribution in [0.2, 0.25) is 5.15 Å². The van der Waals surface area contributed by atoms with Gasteiger partial charge in [-0.2, -0.15) is 19.9 Å². The predicted molar refractivity (Wildman–Crippen MR) is 101 cm³/mol. The van der Waals surface area contributed by atoms with Crippen LogP contribution in [-0.4, -0.2) is 43.0 Å². The molecule has 9 nitrogen and oxygen atoms in total. The first-order chi connectivity index (χ1) is 13.2. The third-order valence-electron chi connectivity index (χ3n) is 3.64. The molecule has 0 atom stereocenters. The summed E-state index contributed by atoms with van der Waals surface area (Å²) in [6.45, 7) is 0. The van der Waals surface area contributed by atoms with E-state index in [0.717, 1.165) is 5.56 Å². The summed E-state index contributed by atoms with van der Waals surface area (Å²) in [4.78, 5) is 16.9. The Kier molecular flexibility index (Phi) is 4.58. The molecule has 0 aliphatic carbocycles. The number of fused-ring (bicyclic) bond motifs is 1. The molecule has 0 bridgehead atoms. The van der Waals surface area contributed by atoms with Crippen molar-refractivity contribution in [3.63, 3.8) is 0 Å². The van der Waals surface area contributed by atoms with Crippen LogP contribution in [0.25, 0.3) is 16.9 Å². The molecule has 0 radical (unpaired) electrons. The van der Waals surface area contributed by atoms with Gasteiger partial charge in [0.25, 0.3) is 0 Å². The maximum absolute atomic E-state index is 5.77. The van der Waals surface area contributed by atoms with Gasteiger partial charge in [0.15, 0.2) is 17.3 Å². The summed E-state index contributed by atoms with van der Waals surface area (Å²) in [5, 5.41) is 9.67.